The number of anilines is 2. The van der Waals surface area contributed by atoms with Crippen LogP contribution in [-0.2, 0) is 0 Å². The van der Waals surface area contributed by atoms with Crippen molar-refractivity contribution in [3.8, 4) is 0 Å². The van der Waals surface area contributed by atoms with Crippen molar-refractivity contribution < 1.29 is 0 Å². The summed E-state index contributed by atoms with van der Waals surface area (Å²) in [6.45, 7) is 4.07. The van der Waals surface area contributed by atoms with Gasteiger partial charge in [0, 0.05) is 23.9 Å². The molecule has 0 radical (unpaired) electrons. The van der Waals surface area contributed by atoms with Gasteiger partial charge in [-0.3, -0.25) is 0 Å². The van der Waals surface area contributed by atoms with Crippen LogP contribution in [0.1, 0.15) is 23.1 Å². The molecule has 0 spiro atoms. The van der Waals surface area contributed by atoms with Crippen molar-refractivity contribution in [3.63, 3.8) is 0 Å². The van der Waals surface area contributed by atoms with E-state index in [4.69, 9.17) is 9.98 Å². The lowest BCUT2D eigenvalue weighted by molar-refractivity contribution is 0.402. The van der Waals surface area contributed by atoms with Crippen LogP contribution in [0.5, 0.6) is 0 Å². The van der Waals surface area contributed by atoms with Gasteiger partial charge in [-0.15, -0.1) is 0 Å². The molecular formula is C24H26N4. The molecule has 2 aromatic carbocycles. The fraction of sp³-hybridized carbons (Fsp3) is 0.250. The van der Waals surface area contributed by atoms with Gasteiger partial charge in [-0.25, -0.2) is 9.98 Å². The van der Waals surface area contributed by atoms with Gasteiger partial charge in [0.2, 0.25) is 0 Å². The summed E-state index contributed by atoms with van der Waals surface area (Å²) in [6.07, 6.45) is 2.91. The summed E-state index contributed by atoms with van der Waals surface area (Å²) < 4.78 is 0. The number of hydrogen-bond acceptors (Lipinski definition) is 4. The zero-order valence-electron chi connectivity index (χ0n) is 16.8. The number of aromatic nitrogens is 1. The second kappa shape index (κ2) is 7.95. The molecule has 4 rings (SSSR count). The van der Waals surface area contributed by atoms with Gasteiger partial charge in [0.15, 0.2) is 5.82 Å². The maximum absolute atomic E-state index is 5.09. The summed E-state index contributed by atoms with van der Waals surface area (Å²) in [5.41, 5.74) is 6.61. The van der Waals surface area contributed by atoms with E-state index < -0.39 is 0 Å². The monoisotopic (exact) mass is 370 g/mol. The molecule has 1 aliphatic heterocycles. The minimum atomic E-state index is 0.899. The average Bonchev–Trinajstić information content (AvgIpc) is 2.83. The zero-order valence-corrected chi connectivity index (χ0v) is 16.8. The van der Waals surface area contributed by atoms with E-state index >= 15 is 0 Å². The van der Waals surface area contributed by atoms with Gasteiger partial charge in [0.25, 0.3) is 0 Å². The van der Waals surface area contributed by atoms with E-state index in [-0.39, 0.29) is 0 Å². The largest absolute Gasteiger partial charge is 0.324 e. The Kier molecular flexibility index (Phi) is 5.22. The van der Waals surface area contributed by atoms with Crippen LogP contribution >= 0.6 is 0 Å². The molecular weight excluding hydrogens is 344 g/mol. The van der Waals surface area contributed by atoms with E-state index in [0.29, 0.717) is 0 Å². The Labute approximate surface area is 167 Å². The molecule has 0 unspecified atom stereocenters. The van der Waals surface area contributed by atoms with Gasteiger partial charge >= 0.3 is 0 Å². The quantitative estimate of drug-likeness (QED) is 0.636. The molecule has 28 heavy (non-hydrogen) atoms. The minimum Gasteiger partial charge on any atom is -0.324 e. The molecule has 0 atom stereocenters. The molecule has 3 aromatic rings. The summed E-state index contributed by atoms with van der Waals surface area (Å²) >= 11 is 0. The molecule has 1 aliphatic rings. The highest BCUT2D eigenvalue weighted by atomic mass is 15.2. The van der Waals surface area contributed by atoms with Crippen LogP contribution in [0.2, 0.25) is 0 Å². The molecule has 0 saturated heterocycles. The first kappa shape index (κ1) is 18.4. The Morgan fingerprint density at radius 3 is 2.57 bits per heavy atom. The average molecular weight is 371 g/mol. The summed E-state index contributed by atoms with van der Waals surface area (Å²) in [4.78, 5) is 14.3. The maximum Gasteiger partial charge on any atom is 0.159 e. The third-order valence-electron chi connectivity index (χ3n) is 4.99. The number of pyridine rings is 1. The second-order valence-electron chi connectivity index (χ2n) is 7.50. The summed E-state index contributed by atoms with van der Waals surface area (Å²) in [5, 5.41) is 0. The van der Waals surface area contributed by atoms with Crippen molar-refractivity contribution >= 4 is 22.9 Å². The lowest BCUT2D eigenvalue weighted by Gasteiger charge is -2.26. The first-order valence-corrected chi connectivity index (χ1v) is 9.76. The van der Waals surface area contributed by atoms with Crippen molar-refractivity contribution in [2.24, 2.45) is 4.99 Å². The van der Waals surface area contributed by atoms with Crippen LogP contribution in [0.3, 0.4) is 0 Å². The number of aryl methyl sites for hydroxylation is 1. The van der Waals surface area contributed by atoms with Crippen LogP contribution in [-0.4, -0.2) is 42.8 Å². The fourth-order valence-corrected chi connectivity index (χ4v) is 3.64. The molecule has 0 N–H and O–H groups in total. The van der Waals surface area contributed by atoms with E-state index in [1.54, 1.807) is 0 Å². The van der Waals surface area contributed by atoms with Crippen LogP contribution in [0, 0.1) is 6.92 Å². The maximum atomic E-state index is 5.09. The highest BCUT2D eigenvalue weighted by molar-refractivity contribution is 6.18. The predicted octanol–water partition coefficient (Wildman–Crippen LogP) is 4.96. The molecule has 0 amide bonds. The van der Waals surface area contributed by atoms with E-state index in [1.807, 2.05) is 18.3 Å². The number of aliphatic imine (C=N–C) groups is 1. The van der Waals surface area contributed by atoms with Crippen molar-refractivity contribution in [2.45, 2.75) is 13.3 Å². The zero-order chi connectivity index (χ0) is 19.5. The van der Waals surface area contributed by atoms with Crippen molar-refractivity contribution in [1.29, 1.82) is 0 Å². The molecule has 0 saturated carbocycles. The second-order valence-corrected chi connectivity index (χ2v) is 7.50. The van der Waals surface area contributed by atoms with Gasteiger partial charge in [0.1, 0.15) is 5.69 Å². The van der Waals surface area contributed by atoms with E-state index in [9.17, 15) is 0 Å². The summed E-state index contributed by atoms with van der Waals surface area (Å²) in [7, 11) is 4.23. The smallest absolute Gasteiger partial charge is 0.159 e. The van der Waals surface area contributed by atoms with Crippen molar-refractivity contribution in [2.75, 3.05) is 32.1 Å². The number of fused-ring (bicyclic) bond motifs is 2. The van der Waals surface area contributed by atoms with E-state index in [2.05, 4.69) is 79.3 Å². The Hall–Kier alpha value is -2.98. The van der Waals surface area contributed by atoms with E-state index in [0.717, 1.165) is 47.9 Å². The van der Waals surface area contributed by atoms with Gasteiger partial charge < -0.3 is 9.80 Å². The Morgan fingerprint density at radius 1 is 0.964 bits per heavy atom. The molecule has 4 nitrogen and oxygen atoms in total. The third-order valence-corrected chi connectivity index (χ3v) is 4.99. The predicted molar refractivity (Wildman–Crippen MR) is 117 cm³/mol. The van der Waals surface area contributed by atoms with Crippen LogP contribution < -0.4 is 4.90 Å². The number of hydrogen-bond donors (Lipinski definition) is 0. The SMILES string of the molecule is Cc1ccc2c(c1)C(c1ccccc1)=Nc1cccnc1N2CCCN(C)C. The van der Waals surface area contributed by atoms with Crippen molar-refractivity contribution in [1.82, 2.24) is 9.88 Å². The van der Waals surface area contributed by atoms with Crippen LogP contribution in [0.25, 0.3) is 0 Å². The molecule has 142 valence electrons. The number of benzene rings is 2. The Balaban J connectivity index is 1.89. The highest BCUT2D eigenvalue weighted by Gasteiger charge is 2.24. The molecule has 0 bridgehead atoms. The minimum absolute atomic E-state index is 0.899. The van der Waals surface area contributed by atoms with Crippen LogP contribution in [0.4, 0.5) is 17.2 Å². The normalized spacial score (nSPS) is 13.0. The van der Waals surface area contributed by atoms with E-state index in [1.165, 1.54) is 11.3 Å². The molecule has 0 aliphatic carbocycles. The Bertz CT molecular complexity index is 992. The fourth-order valence-electron chi connectivity index (χ4n) is 3.64. The molecule has 1 aromatic heterocycles. The number of nitrogens with zero attached hydrogens (tertiary/aromatic N) is 4. The highest BCUT2D eigenvalue weighted by Crippen LogP contribution is 2.39. The first-order valence-electron chi connectivity index (χ1n) is 9.76. The lowest BCUT2D eigenvalue weighted by atomic mass is 9.98. The number of rotatable bonds is 5. The van der Waals surface area contributed by atoms with Crippen LogP contribution in [0.15, 0.2) is 71.9 Å². The first-order chi connectivity index (χ1) is 13.6. The van der Waals surface area contributed by atoms with Gasteiger partial charge in [-0.1, -0.05) is 42.0 Å². The topological polar surface area (TPSA) is 31.7 Å². The standard InChI is InChI=1S/C24H26N4/c1-18-12-13-22-20(17-18)23(19-9-5-4-6-10-19)26-21-11-7-14-25-24(21)28(22)16-8-15-27(2)3/h4-7,9-14,17H,8,15-16H2,1-3H3. The Morgan fingerprint density at radius 2 is 1.79 bits per heavy atom. The molecule has 4 heteroatoms. The lowest BCUT2D eigenvalue weighted by Crippen LogP contribution is -2.24. The summed E-state index contributed by atoms with van der Waals surface area (Å²) in [6, 6.07) is 21.1. The van der Waals surface area contributed by atoms with Gasteiger partial charge in [0.05, 0.1) is 11.4 Å². The molecule has 2 heterocycles. The van der Waals surface area contributed by atoms with Gasteiger partial charge in [-0.2, -0.15) is 0 Å². The van der Waals surface area contributed by atoms with Gasteiger partial charge in [-0.05, 0) is 58.3 Å². The third kappa shape index (κ3) is 3.69. The van der Waals surface area contributed by atoms with Crippen molar-refractivity contribution in [3.05, 3.63) is 83.6 Å². The molecule has 0 fully saturated rings. The summed E-state index contributed by atoms with van der Waals surface area (Å²) in [5.74, 6) is 0.928.